The van der Waals surface area contributed by atoms with E-state index in [9.17, 15) is 13.2 Å². The van der Waals surface area contributed by atoms with Gasteiger partial charge in [-0.15, -0.1) is 0 Å². The predicted octanol–water partition coefficient (Wildman–Crippen LogP) is 1.12. The summed E-state index contributed by atoms with van der Waals surface area (Å²) < 4.78 is 27.8. The van der Waals surface area contributed by atoms with Crippen molar-refractivity contribution in [2.75, 3.05) is 5.32 Å². The highest BCUT2D eigenvalue weighted by atomic mass is 32.2. The van der Waals surface area contributed by atoms with E-state index in [2.05, 4.69) is 10.0 Å². The molecule has 1 fully saturated rings. The van der Waals surface area contributed by atoms with E-state index in [0.717, 1.165) is 31.2 Å². The third kappa shape index (κ3) is 3.16. The minimum Gasteiger partial charge on any atom is -0.326 e. The van der Waals surface area contributed by atoms with E-state index in [1.807, 2.05) is 0 Å². The molecule has 0 spiro atoms. The van der Waals surface area contributed by atoms with Crippen molar-refractivity contribution >= 4 is 21.6 Å². The van der Waals surface area contributed by atoms with Gasteiger partial charge in [-0.25, -0.2) is 13.1 Å². The molecule has 0 bridgehead atoms. The number of amides is 1. The van der Waals surface area contributed by atoms with Gasteiger partial charge in [0.25, 0.3) is 0 Å². The zero-order valence-corrected chi connectivity index (χ0v) is 13.2. The van der Waals surface area contributed by atoms with Gasteiger partial charge in [0.1, 0.15) is 0 Å². The second-order valence-corrected chi connectivity index (χ2v) is 7.76. The van der Waals surface area contributed by atoms with E-state index in [-0.39, 0.29) is 22.9 Å². The van der Waals surface area contributed by atoms with Crippen LogP contribution < -0.4 is 15.8 Å². The topological polar surface area (TPSA) is 101 Å². The standard InChI is InChI=1S/C15H21N3O3S/c16-12-3-1-2-4-14(12)18-22(20,21)11-6-7-13-10(9-11)5-8-15(19)17-13/h6-7,9,12,14,18H,1-5,8,16H2,(H,17,19)/t12-,14+/m0/s1. The molecule has 6 nitrogen and oxygen atoms in total. The highest BCUT2D eigenvalue weighted by molar-refractivity contribution is 7.89. The van der Waals surface area contributed by atoms with Crippen LogP contribution in [0.3, 0.4) is 0 Å². The summed E-state index contributed by atoms with van der Waals surface area (Å²) in [6, 6.07) is 4.50. The van der Waals surface area contributed by atoms with Crippen LogP contribution in [0.5, 0.6) is 0 Å². The van der Waals surface area contributed by atoms with Crippen molar-refractivity contribution in [1.29, 1.82) is 0 Å². The van der Waals surface area contributed by atoms with Crippen LogP contribution in [-0.4, -0.2) is 26.4 Å². The lowest BCUT2D eigenvalue weighted by molar-refractivity contribution is -0.116. The van der Waals surface area contributed by atoms with Crippen molar-refractivity contribution in [3.63, 3.8) is 0 Å². The molecular formula is C15H21N3O3S. The molecule has 1 aliphatic carbocycles. The monoisotopic (exact) mass is 323 g/mol. The maximum absolute atomic E-state index is 12.5. The van der Waals surface area contributed by atoms with Crippen LogP contribution in [0, 0.1) is 0 Å². The lowest BCUT2D eigenvalue weighted by Gasteiger charge is -2.29. The first-order valence-corrected chi connectivity index (χ1v) is 9.15. The number of hydrogen-bond donors (Lipinski definition) is 3. The van der Waals surface area contributed by atoms with Crippen molar-refractivity contribution in [2.45, 2.75) is 55.5 Å². The molecule has 1 aromatic carbocycles. The SMILES string of the molecule is N[C@H]1CCCC[C@H]1NS(=O)(=O)c1ccc2c(c1)CCC(=O)N2. The Balaban J connectivity index is 1.81. The largest absolute Gasteiger partial charge is 0.326 e. The number of hydrogen-bond acceptors (Lipinski definition) is 4. The number of rotatable bonds is 3. The van der Waals surface area contributed by atoms with Crippen molar-refractivity contribution < 1.29 is 13.2 Å². The Bertz CT molecular complexity index is 687. The molecule has 4 N–H and O–H groups in total. The van der Waals surface area contributed by atoms with E-state index in [1.165, 1.54) is 6.07 Å². The molecular weight excluding hydrogens is 302 g/mol. The first kappa shape index (κ1) is 15.5. The minimum atomic E-state index is -3.58. The summed E-state index contributed by atoms with van der Waals surface area (Å²) in [4.78, 5) is 11.6. The van der Waals surface area contributed by atoms with Crippen LogP contribution in [0.2, 0.25) is 0 Å². The number of benzene rings is 1. The Labute approximate surface area is 130 Å². The smallest absolute Gasteiger partial charge is 0.240 e. The summed E-state index contributed by atoms with van der Waals surface area (Å²) >= 11 is 0. The number of anilines is 1. The van der Waals surface area contributed by atoms with Gasteiger partial charge in [-0.05, 0) is 43.0 Å². The lowest BCUT2D eigenvalue weighted by atomic mass is 9.92. The Kier molecular flexibility index (Phi) is 4.20. The van der Waals surface area contributed by atoms with Crippen LogP contribution in [0.25, 0.3) is 0 Å². The summed E-state index contributed by atoms with van der Waals surface area (Å²) in [6.07, 6.45) is 4.63. The zero-order valence-electron chi connectivity index (χ0n) is 12.3. The van der Waals surface area contributed by atoms with Gasteiger partial charge in [-0.1, -0.05) is 12.8 Å². The molecule has 1 aromatic rings. The van der Waals surface area contributed by atoms with Gasteiger partial charge in [0.2, 0.25) is 15.9 Å². The van der Waals surface area contributed by atoms with Crippen LogP contribution in [-0.2, 0) is 21.2 Å². The Morgan fingerprint density at radius 1 is 1.18 bits per heavy atom. The van der Waals surface area contributed by atoms with E-state index >= 15 is 0 Å². The normalized spacial score (nSPS) is 25.4. The van der Waals surface area contributed by atoms with Gasteiger partial charge < -0.3 is 11.1 Å². The molecule has 0 unspecified atom stereocenters. The molecule has 1 saturated carbocycles. The van der Waals surface area contributed by atoms with Crippen molar-refractivity contribution in [2.24, 2.45) is 5.73 Å². The molecule has 120 valence electrons. The third-order valence-electron chi connectivity index (χ3n) is 4.41. The minimum absolute atomic E-state index is 0.0330. The summed E-state index contributed by atoms with van der Waals surface area (Å²) in [5.74, 6) is -0.0330. The summed E-state index contributed by atoms with van der Waals surface area (Å²) in [5, 5.41) is 2.75. The van der Waals surface area contributed by atoms with Crippen LogP contribution >= 0.6 is 0 Å². The van der Waals surface area contributed by atoms with Gasteiger partial charge in [0, 0.05) is 24.2 Å². The van der Waals surface area contributed by atoms with Crippen LogP contribution in [0.4, 0.5) is 5.69 Å². The quantitative estimate of drug-likeness (QED) is 0.776. The predicted molar refractivity (Wildman–Crippen MR) is 83.9 cm³/mol. The zero-order chi connectivity index (χ0) is 15.7. The molecule has 1 heterocycles. The van der Waals surface area contributed by atoms with E-state index in [4.69, 9.17) is 5.73 Å². The van der Waals surface area contributed by atoms with Gasteiger partial charge in [-0.2, -0.15) is 0 Å². The molecule has 0 saturated heterocycles. The number of aryl methyl sites for hydroxylation is 1. The molecule has 2 aliphatic rings. The second-order valence-electron chi connectivity index (χ2n) is 6.04. The molecule has 0 aromatic heterocycles. The van der Waals surface area contributed by atoms with Crippen molar-refractivity contribution in [1.82, 2.24) is 4.72 Å². The maximum Gasteiger partial charge on any atom is 0.240 e. The Morgan fingerprint density at radius 3 is 2.73 bits per heavy atom. The lowest BCUT2D eigenvalue weighted by Crippen LogP contribution is -2.49. The van der Waals surface area contributed by atoms with Gasteiger partial charge in [-0.3, -0.25) is 4.79 Å². The van der Waals surface area contributed by atoms with E-state index < -0.39 is 10.0 Å². The first-order chi connectivity index (χ1) is 10.5. The number of carbonyl (C=O) groups excluding carboxylic acids is 1. The average molecular weight is 323 g/mol. The van der Waals surface area contributed by atoms with Gasteiger partial charge in [0.15, 0.2) is 0 Å². The second kappa shape index (κ2) is 5.98. The maximum atomic E-state index is 12.5. The number of nitrogens with two attached hydrogens (primary N) is 1. The van der Waals surface area contributed by atoms with Gasteiger partial charge >= 0.3 is 0 Å². The van der Waals surface area contributed by atoms with Crippen LogP contribution in [0.1, 0.15) is 37.7 Å². The number of sulfonamides is 1. The number of nitrogens with one attached hydrogen (secondary N) is 2. The highest BCUT2D eigenvalue weighted by Crippen LogP contribution is 2.26. The number of carbonyl (C=O) groups is 1. The molecule has 0 radical (unpaired) electrons. The third-order valence-corrected chi connectivity index (χ3v) is 5.90. The summed E-state index contributed by atoms with van der Waals surface area (Å²) in [5.41, 5.74) is 7.57. The number of fused-ring (bicyclic) bond motifs is 1. The Morgan fingerprint density at radius 2 is 1.95 bits per heavy atom. The highest BCUT2D eigenvalue weighted by Gasteiger charge is 2.28. The molecule has 1 aliphatic heterocycles. The van der Waals surface area contributed by atoms with Gasteiger partial charge in [0.05, 0.1) is 4.90 Å². The first-order valence-electron chi connectivity index (χ1n) is 7.66. The fraction of sp³-hybridized carbons (Fsp3) is 0.533. The van der Waals surface area contributed by atoms with E-state index in [1.54, 1.807) is 12.1 Å². The summed E-state index contributed by atoms with van der Waals surface area (Å²) in [7, 11) is -3.58. The summed E-state index contributed by atoms with van der Waals surface area (Å²) in [6.45, 7) is 0. The Hall–Kier alpha value is -1.44. The molecule has 2 atom stereocenters. The van der Waals surface area contributed by atoms with Crippen molar-refractivity contribution in [3.8, 4) is 0 Å². The van der Waals surface area contributed by atoms with E-state index in [0.29, 0.717) is 18.5 Å². The molecule has 3 rings (SSSR count). The average Bonchev–Trinajstić information content (AvgIpc) is 2.49. The fourth-order valence-electron chi connectivity index (χ4n) is 3.10. The van der Waals surface area contributed by atoms with Crippen LogP contribution in [0.15, 0.2) is 23.1 Å². The molecule has 7 heteroatoms. The molecule has 1 amide bonds. The molecule has 22 heavy (non-hydrogen) atoms. The van der Waals surface area contributed by atoms with Crippen molar-refractivity contribution in [3.05, 3.63) is 23.8 Å². The fourth-order valence-corrected chi connectivity index (χ4v) is 4.47.